The van der Waals surface area contributed by atoms with Crippen LogP contribution >= 0.6 is 0 Å². The second-order valence-corrected chi connectivity index (χ2v) is 17.1. The van der Waals surface area contributed by atoms with Crippen molar-refractivity contribution >= 4 is 41.2 Å². The molecule has 6 N–H and O–H groups in total. The minimum absolute atomic E-state index is 0.0377. The first-order valence-corrected chi connectivity index (χ1v) is 22.1. The second-order valence-electron chi connectivity index (χ2n) is 17.1. The molecule has 1 aromatic carbocycles. The summed E-state index contributed by atoms with van der Waals surface area (Å²) in [6, 6.07) is 6.51. The molecule has 0 radical (unpaired) electrons. The average Bonchev–Trinajstić information content (AvgIpc) is 3.28. The topological polar surface area (TPSA) is 237 Å². The van der Waals surface area contributed by atoms with Gasteiger partial charge in [-0.15, -0.1) is 0 Å². The Morgan fingerprint density at radius 3 is 2.55 bits per heavy atom. The summed E-state index contributed by atoms with van der Waals surface area (Å²) >= 11 is 0. The molecule has 3 aliphatic rings. The number of amides is 4. The van der Waals surface area contributed by atoms with E-state index in [2.05, 4.69) is 21.0 Å². The number of allylic oxidation sites excluding steroid dienone is 4. The molecule has 2 aromatic rings. The van der Waals surface area contributed by atoms with E-state index in [-0.39, 0.29) is 43.8 Å². The maximum absolute atomic E-state index is 14.4. The van der Waals surface area contributed by atoms with Crippen LogP contribution in [-0.4, -0.2) is 110 Å². The van der Waals surface area contributed by atoms with Crippen LogP contribution in [0.4, 0.5) is 5.82 Å². The number of hydrazine groups is 1. The largest absolute Gasteiger partial charge is 0.508 e. The van der Waals surface area contributed by atoms with Gasteiger partial charge in [0, 0.05) is 50.4 Å². The van der Waals surface area contributed by atoms with Gasteiger partial charge < -0.3 is 35.5 Å². The van der Waals surface area contributed by atoms with E-state index in [4.69, 9.17) is 9.57 Å². The summed E-state index contributed by atoms with van der Waals surface area (Å²) in [5, 5.41) is 40.9. The molecule has 0 spiro atoms. The van der Waals surface area contributed by atoms with E-state index in [1.807, 2.05) is 6.07 Å². The molecule has 8 atom stereocenters. The Balaban J connectivity index is 1.46. The van der Waals surface area contributed by atoms with Crippen molar-refractivity contribution in [2.24, 2.45) is 17.8 Å². The molecule has 1 saturated heterocycles. The monoisotopic (exact) mass is 898 g/mol. The summed E-state index contributed by atoms with van der Waals surface area (Å²) in [6.45, 7) is 8.58. The number of ketones is 1. The molecule has 0 aliphatic carbocycles. The summed E-state index contributed by atoms with van der Waals surface area (Å²) in [7, 11) is 0. The molecular formula is C48H62N6O11. The van der Waals surface area contributed by atoms with Crippen molar-refractivity contribution < 1.29 is 53.7 Å². The van der Waals surface area contributed by atoms with E-state index >= 15 is 0 Å². The van der Waals surface area contributed by atoms with Crippen LogP contribution in [0, 0.1) is 17.8 Å². The number of fused-ring (bicyclic) bond motifs is 3. The van der Waals surface area contributed by atoms with Crippen LogP contribution in [0.25, 0.3) is 0 Å². The maximum atomic E-state index is 14.4. The fourth-order valence-electron chi connectivity index (χ4n) is 7.79. The van der Waals surface area contributed by atoms with Gasteiger partial charge in [0.1, 0.15) is 35.8 Å². The van der Waals surface area contributed by atoms with Gasteiger partial charge in [-0.1, -0.05) is 75.4 Å². The Kier molecular flexibility index (Phi) is 18.3. The SMILES string of the molecule is CC(=O)CC[C@H]1C(=O)N[C@@H](C(C)C)C(=O)N[C@@H](Cc2cccc(O)c2)C(=O)N2CCCC(N2)C(=O)O[C@H](/C(C)=C/C=C/C(=O)N2OCCc3cccnc32)C/C=C/C=C/[C@H](O)[C@H](C)[C@H]1O. The minimum Gasteiger partial charge on any atom is -0.508 e. The van der Waals surface area contributed by atoms with Crippen LogP contribution in [0.15, 0.2) is 90.7 Å². The summed E-state index contributed by atoms with van der Waals surface area (Å²) in [5.41, 5.74) is 4.98. The number of aromatic nitrogens is 1. The smallest absolute Gasteiger partial charge is 0.325 e. The molecule has 0 saturated carbocycles. The highest BCUT2D eigenvalue weighted by Crippen LogP contribution is 2.26. The first kappa shape index (κ1) is 50.0. The third kappa shape index (κ3) is 14.0. The lowest BCUT2D eigenvalue weighted by Crippen LogP contribution is -2.62. The van der Waals surface area contributed by atoms with Gasteiger partial charge in [0.2, 0.25) is 11.8 Å². The summed E-state index contributed by atoms with van der Waals surface area (Å²) < 4.78 is 6.08. The van der Waals surface area contributed by atoms with E-state index in [1.165, 1.54) is 42.3 Å². The third-order valence-electron chi connectivity index (χ3n) is 11.7. The van der Waals surface area contributed by atoms with Gasteiger partial charge in [0.25, 0.3) is 11.8 Å². The zero-order valence-electron chi connectivity index (χ0n) is 37.6. The van der Waals surface area contributed by atoms with Crippen molar-refractivity contribution in [1.82, 2.24) is 26.1 Å². The van der Waals surface area contributed by atoms with Crippen LogP contribution in [-0.2, 0) is 51.2 Å². The highest BCUT2D eigenvalue weighted by molar-refractivity contribution is 6.00. The van der Waals surface area contributed by atoms with E-state index < -0.39 is 83.8 Å². The lowest BCUT2D eigenvalue weighted by Gasteiger charge is -2.36. The lowest BCUT2D eigenvalue weighted by atomic mass is 9.84. The van der Waals surface area contributed by atoms with E-state index in [1.54, 1.807) is 76.4 Å². The molecule has 17 nitrogen and oxygen atoms in total. The maximum Gasteiger partial charge on any atom is 0.325 e. The molecule has 350 valence electrons. The number of cyclic esters (lactones) is 1. The van der Waals surface area contributed by atoms with Crippen molar-refractivity contribution in [2.75, 3.05) is 18.2 Å². The van der Waals surface area contributed by atoms with Gasteiger partial charge in [-0.25, -0.2) is 10.4 Å². The van der Waals surface area contributed by atoms with Gasteiger partial charge in [0.15, 0.2) is 5.82 Å². The van der Waals surface area contributed by atoms with Crippen LogP contribution in [0.3, 0.4) is 0 Å². The molecule has 17 heteroatoms. The number of aromatic hydroxyl groups is 1. The number of phenols is 1. The molecule has 3 aliphatic heterocycles. The molecule has 4 heterocycles. The number of hydroxylamine groups is 1. The summed E-state index contributed by atoms with van der Waals surface area (Å²) in [6.07, 6.45) is 10.3. The summed E-state index contributed by atoms with van der Waals surface area (Å²) in [4.78, 5) is 91.6. The Labute approximate surface area is 379 Å². The quantitative estimate of drug-likeness (QED) is 0.121. The van der Waals surface area contributed by atoms with Crippen molar-refractivity contribution in [3.8, 4) is 5.75 Å². The predicted molar refractivity (Wildman–Crippen MR) is 240 cm³/mol. The number of aliphatic hydroxyl groups is 2. The lowest BCUT2D eigenvalue weighted by molar-refractivity contribution is -0.156. The van der Waals surface area contributed by atoms with E-state index in [0.717, 1.165) is 10.6 Å². The number of nitrogens with one attached hydrogen (secondary N) is 3. The standard InChI is InChI=1S/C48H62N6O11/c1-29(2)42-46(61)50-38(28-33-14-10-16-35(56)27-33)47(62)53-25-12-17-37(52-53)48(63)65-40(30(3)13-9-20-41(58)54-44-34(23-26-64-54)15-11-24-49-44)19-8-6-7-18-39(57)32(5)43(59)36(45(60)51-42)22-21-31(4)55/h6-11,13-16,18,20,24,27,29,32,36-40,42-43,52,56-57,59H,12,17,19,21-23,25-26,28H2,1-5H3,(H,50,61)(H,51,60)/b8-6+,18-7+,20-9+,30-13+/t32-,36+,37?,38-,39-,40-,42-,43+/m0/s1. The molecule has 1 unspecified atom stereocenters. The van der Waals surface area contributed by atoms with Crippen LogP contribution < -0.4 is 21.1 Å². The van der Waals surface area contributed by atoms with Crippen LogP contribution in [0.2, 0.25) is 0 Å². The molecule has 4 amide bonds. The number of carbonyl (C=O) groups excluding carboxylic acids is 6. The van der Waals surface area contributed by atoms with Crippen molar-refractivity contribution in [3.63, 3.8) is 0 Å². The number of aliphatic hydroxyl groups excluding tert-OH is 2. The average molecular weight is 899 g/mol. The van der Waals surface area contributed by atoms with Gasteiger partial charge in [-0.3, -0.25) is 33.8 Å². The third-order valence-corrected chi connectivity index (χ3v) is 11.7. The zero-order chi connectivity index (χ0) is 47.2. The van der Waals surface area contributed by atoms with Crippen molar-refractivity contribution in [3.05, 3.63) is 102 Å². The fraction of sp³-hybridized carbons (Fsp3) is 0.479. The Morgan fingerprint density at radius 2 is 1.82 bits per heavy atom. The van der Waals surface area contributed by atoms with Gasteiger partial charge in [0.05, 0.1) is 24.7 Å². The van der Waals surface area contributed by atoms with E-state index in [0.29, 0.717) is 42.8 Å². The van der Waals surface area contributed by atoms with Gasteiger partial charge >= 0.3 is 5.97 Å². The zero-order valence-corrected chi connectivity index (χ0v) is 37.6. The Bertz CT molecular complexity index is 2150. The van der Waals surface area contributed by atoms with Crippen molar-refractivity contribution in [2.45, 2.75) is 116 Å². The first-order valence-electron chi connectivity index (χ1n) is 22.1. The summed E-state index contributed by atoms with van der Waals surface area (Å²) in [5.74, 6) is -5.54. The molecule has 1 fully saturated rings. The van der Waals surface area contributed by atoms with Crippen molar-refractivity contribution in [1.29, 1.82) is 0 Å². The predicted octanol–water partition coefficient (Wildman–Crippen LogP) is 3.25. The Morgan fingerprint density at radius 1 is 1.03 bits per heavy atom. The van der Waals surface area contributed by atoms with Gasteiger partial charge in [-0.05, 0) is 73.9 Å². The number of anilines is 1. The highest BCUT2D eigenvalue weighted by Gasteiger charge is 2.39. The number of carbonyl (C=O) groups is 6. The van der Waals surface area contributed by atoms with Crippen LogP contribution in [0.1, 0.15) is 77.8 Å². The number of phenolic OH excluding ortho intramolecular Hbond substituents is 1. The number of nitrogens with zero attached hydrogens (tertiary/aromatic N) is 3. The molecule has 65 heavy (non-hydrogen) atoms. The number of ether oxygens (including phenoxy) is 1. The number of hydrogen-bond donors (Lipinski definition) is 6. The highest BCUT2D eigenvalue weighted by atomic mass is 16.7. The molecule has 1 aromatic heterocycles. The minimum atomic E-state index is -1.44. The Hall–Kier alpha value is -6.01. The van der Waals surface area contributed by atoms with Gasteiger partial charge in [-0.2, -0.15) is 5.06 Å². The number of pyridine rings is 1. The number of rotatable bonds is 9. The van der Waals surface area contributed by atoms with E-state index in [9.17, 15) is 44.1 Å². The molecule has 2 bridgehead atoms. The fourth-order valence-corrected chi connectivity index (χ4v) is 7.79. The first-order chi connectivity index (χ1) is 31.0. The second kappa shape index (κ2) is 23.8. The molecule has 5 rings (SSSR count). The molecular weight excluding hydrogens is 837 g/mol. The van der Waals surface area contributed by atoms with Crippen LogP contribution in [0.5, 0.6) is 5.75 Å². The normalized spacial score (nSPS) is 27.7. The number of Topliss-reactive ketones (excluding diaryl/α,β-unsaturated/α-hetero) is 1. The number of hydrogen-bond acceptors (Lipinski definition) is 13. The number of esters is 1. The number of benzene rings is 1.